The van der Waals surface area contributed by atoms with Crippen molar-refractivity contribution < 1.29 is 4.74 Å². The van der Waals surface area contributed by atoms with E-state index in [1.807, 2.05) is 7.05 Å². The summed E-state index contributed by atoms with van der Waals surface area (Å²) < 4.78 is 5.47. The van der Waals surface area contributed by atoms with Gasteiger partial charge in [0.1, 0.15) is 0 Å². The molecule has 0 amide bonds. The van der Waals surface area contributed by atoms with Crippen molar-refractivity contribution in [2.45, 2.75) is 32.2 Å². The van der Waals surface area contributed by atoms with Crippen molar-refractivity contribution in [2.75, 3.05) is 44.8 Å². The first kappa shape index (κ1) is 19.5. The van der Waals surface area contributed by atoms with Crippen LogP contribution in [0.25, 0.3) is 10.8 Å². The molecule has 0 aliphatic rings. The highest BCUT2D eigenvalue weighted by Gasteiger charge is 2.17. The molecule has 0 spiro atoms. The van der Waals surface area contributed by atoms with Gasteiger partial charge in [0.15, 0.2) is 0 Å². The Labute approximate surface area is 151 Å². The number of ether oxygens (including phenoxy) is 1. The molecule has 3 N–H and O–H groups in total. The van der Waals surface area contributed by atoms with Gasteiger partial charge in [0.2, 0.25) is 0 Å². The molecule has 5 heteroatoms. The lowest BCUT2D eigenvalue weighted by Gasteiger charge is -2.28. The van der Waals surface area contributed by atoms with E-state index in [9.17, 15) is 0 Å². The molecule has 0 saturated carbocycles. The first-order valence-corrected chi connectivity index (χ1v) is 8.89. The second kappa shape index (κ2) is 9.04. The Morgan fingerprint density at radius 1 is 1.04 bits per heavy atom. The van der Waals surface area contributed by atoms with Crippen molar-refractivity contribution >= 4 is 22.1 Å². The fourth-order valence-corrected chi connectivity index (χ4v) is 2.88. The average Bonchev–Trinajstić information content (AvgIpc) is 2.59. The fraction of sp³-hybridized carbons (Fsp3) is 0.500. The Morgan fingerprint density at radius 2 is 1.76 bits per heavy atom. The largest absolute Gasteiger partial charge is 0.377 e. The second-order valence-electron chi connectivity index (χ2n) is 7.22. The van der Waals surface area contributed by atoms with Gasteiger partial charge in [-0.05, 0) is 45.9 Å². The summed E-state index contributed by atoms with van der Waals surface area (Å²) in [5.41, 5.74) is 9.20. The minimum absolute atomic E-state index is 0.0235. The van der Waals surface area contributed by atoms with Crippen molar-refractivity contribution in [3.63, 3.8) is 0 Å². The lowest BCUT2D eigenvalue weighted by molar-refractivity contribution is 0.113. The predicted octanol–water partition coefficient (Wildman–Crippen LogP) is 3.57. The van der Waals surface area contributed by atoms with Crippen molar-refractivity contribution in [1.82, 2.24) is 10.7 Å². The molecule has 0 bridgehead atoms. The maximum atomic E-state index is 5.47. The third kappa shape index (κ3) is 5.59. The van der Waals surface area contributed by atoms with Crippen LogP contribution in [0.2, 0.25) is 0 Å². The number of anilines is 2. The summed E-state index contributed by atoms with van der Waals surface area (Å²) in [6.07, 6.45) is 2.04. The van der Waals surface area contributed by atoms with Crippen LogP contribution in [-0.4, -0.2) is 40.0 Å². The molecule has 0 heterocycles. The summed E-state index contributed by atoms with van der Waals surface area (Å²) in [4.78, 5) is 2.15. The number of nitrogens with one attached hydrogen (secondary N) is 3. The van der Waals surface area contributed by atoms with E-state index in [0.717, 1.165) is 25.1 Å². The Bertz CT molecular complexity index is 670. The van der Waals surface area contributed by atoms with Gasteiger partial charge in [-0.3, -0.25) is 5.32 Å². The van der Waals surface area contributed by atoms with Crippen LogP contribution in [0.15, 0.2) is 36.4 Å². The lowest BCUT2D eigenvalue weighted by atomic mass is 10.00. The van der Waals surface area contributed by atoms with Gasteiger partial charge in [0, 0.05) is 42.7 Å². The van der Waals surface area contributed by atoms with Gasteiger partial charge in [0.05, 0.1) is 12.4 Å². The number of rotatable bonds is 10. The molecule has 0 aliphatic carbocycles. The predicted molar refractivity (Wildman–Crippen MR) is 108 cm³/mol. The van der Waals surface area contributed by atoms with E-state index in [-0.39, 0.29) is 5.54 Å². The summed E-state index contributed by atoms with van der Waals surface area (Å²) >= 11 is 0. The Kier molecular flexibility index (Phi) is 7.05. The van der Waals surface area contributed by atoms with Crippen LogP contribution in [0.1, 0.15) is 26.7 Å². The number of hydrogen-bond acceptors (Lipinski definition) is 5. The molecular weight excluding hydrogens is 312 g/mol. The molecule has 0 aromatic heterocycles. The Balaban J connectivity index is 2.02. The SMILES string of the molecule is CNCOCCCC(C)(C)NNc1cccc2c(N(C)C)cccc12. The zero-order chi connectivity index (χ0) is 18.3. The van der Waals surface area contributed by atoms with Crippen LogP contribution >= 0.6 is 0 Å². The molecular formula is C20H32N4O. The molecule has 0 saturated heterocycles. The van der Waals surface area contributed by atoms with Gasteiger partial charge in [-0.2, -0.15) is 0 Å². The molecule has 138 valence electrons. The number of hydrazine groups is 1. The summed E-state index contributed by atoms with van der Waals surface area (Å²) in [5.74, 6) is 0. The van der Waals surface area contributed by atoms with Crippen LogP contribution in [-0.2, 0) is 4.74 Å². The summed E-state index contributed by atoms with van der Waals surface area (Å²) in [6, 6.07) is 12.8. The minimum atomic E-state index is -0.0235. The van der Waals surface area contributed by atoms with Crippen LogP contribution in [0.4, 0.5) is 11.4 Å². The monoisotopic (exact) mass is 344 g/mol. The van der Waals surface area contributed by atoms with Crippen LogP contribution in [0.5, 0.6) is 0 Å². The van der Waals surface area contributed by atoms with E-state index >= 15 is 0 Å². The third-order valence-electron chi connectivity index (χ3n) is 4.25. The van der Waals surface area contributed by atoms with Gasteiger partial charge >= 0.3 is 0 Å². The van der Waals surface area contributed by atoms with Crippen LogP contribution < -0.4 is 21.1 Å². The molecule has 0 unspecified atom stereocenters. The third-order valence-corrected chi connectivity index (χ3v) is 4.25. The molecule has 0 aliphatic heterocycles. The molecule has 0 atom stereocenters. The first-order chi connectivity index (χ1) is 11.9. The maximum absolute atomic E-state index is 5.47. The smallest absolute Gasteiger partial charge is 0.0962 e. The van der Waals surface area contributed by atoms with E-state index in [1.54, 1.807) is 0 Å². The van der Waals surface area contributed by atoms with Gasteiger partial charge in [-0.15, -0.1) is 0 Å². The zero-order valence-electron chi connectivity index (χ0n) is 16.1. The van der Waals surface area contributed by atoms with Crippen molar-refractivity contribution in [1.29, 1.82) is 0 Å². The Hall–Kier alpha value is -1.82. The van der Waals surface area contributed by atoms with Crippen LogP contribution in [0.3, 0.4) is 0 Å². The van der Waals surface area contributed by atoms with E-state index in [1.165, 1.54) is 16.5 Å². The topological polar surface area (TPSA) is 48.6 Å². The van der Waals surface area contributed by atoms with Crippen molar-refractivity contribution in [2.24, 2.45) is 0 Å². The Morgan fingerprint density at radius 3 is 2.48 bits per heavy atom. The number of nitrogens with zero attached hydrogens (tertiary/aromatic N) is 1. The highest BCUT2D eigenvalue weighted by molar-refractivity contribution is 6.01. The highest BCUT2D eigenvalue weighted by atomic mass is 16.5. The van der Waals surface area contributed by atoms with Crippen molar-refractivity contribution in [3.05, 3.63) is 36.4 Å². The first-order valence-electron chi connectivity index (χ1n) is 8.89. The highest BCUT2D eigenvalue weighted by Crippen LogP contribution is 2.30. The normalized spacial score (nSPS) is 11.7. The molecule has 25 heavy (non-hydrogen) atoms. The summed E-state index contributed by atoms with van der Waals surface area (Å²) in [5, 5.41) is 5.45. The summed E-state index contributed by atoms with van der Waals surface area (Å²) in [7, 11) is 6.04. The average molecular weight is 345 g/mol. The van der Waals surface area contributed by atoms with Crippen LogP contribution in [0, 0.1) is 0 Å². The van der Waals surface area contributed by atoms with Gasteiger partial charge in [0.25, 0.3) is 0 Å². The molecule has 2 aromatic carbocycles. The van der Waals surface area contributed by atoms with Gasteiger partial charge < -0.3 is 15.1 Å². The molecule has 2 rings (SSSR count). The number of hydrogen-bond donors (Lipinski definition) is 3. The van der Waals surface area contributed by atoms with Gasteiger partial charge in [-0.1, -0.05) is 24.3 Å². The van der Waals surface area contributed by atoms with E-state index in [4.69, 9.17) is 4.74 Å². The fourth-order valence-electron chi connectivity index (χ4n) is 2.88. The van der Waals surface area contributed by atoms with E-state index < -0.39 is 0 Å². The summed E-state index contributed by atoms with van der Waals surface area (Å²) in [6.45, 7) is 5.78. The molecule has 0 fully saturated rings. The quantitative estimate of drug-likeness (QED) is 0.349. The number of benzene rings is 2. The van der Waals surface area contributed by atoms with Crippen molar-refractivity contribution in [3.8, 4) is 0 Å². The van der Waals surface area contributed by atoms with E-state index in [0.29, 0.717) is 6.73 Å². The maximum Gasteiger partial charge on any atom is 0.0962 e. The number of fused-ring (bicyclic) bond motifs is 1. The minimum Gasteiger partial charge on any atom is -0.377 e. The van der Waals surface area contributed by atoms with Gasteiger partial charge in [-0.25, -0.2) is 5.43 Å². The van der Waals surface area contributed by atoms with E-state index in [2.05, 4.69) is 85.4 Å². The lowest BCUT2D eigenvalue weighted by Crippen LogP contribution is -2.43. The molecule has 2 aromatic rings. The second-order valence-corrected chi connectivity index (χ2v) is 7.22. The standard InChI is InChI=1S/C20H32N4O/c1-20(2,13-8-14-25-15-21-3)23-22-18-11-6-10-17-16(18)9-7-12-19(17)24(4)5/h6-7,9-12,21-23H,8,13-15H2,1-5H3. The molecule has 0 radical (unpaired) electrons. The molecule has 5 nitrogen and oxygen atoms in total. The zero-order valence-corrected chi connectivity index (χ0v) is 16.1.